The fourth-order valence-electron chi connectivity index (χ4n) is 5.75. The number of aromatic nitrogens is 1. The number of nitrogens with zero attached hydrogens (tertiary/aromatic N) is 2. The van der Waals surface area contributed by atoms with E-state index in [1.807, 2.05) is 74.5 Å². The van der Waals surface area contributed by atoms with Gasteiger partial charge >= 0.3 is 18.0 Å². The highest BCUT2D eigenvalue weighted by Crippen LogP contribution is 2.25. The Labute approximate surface area is 320 Å². The molecule has 0 spiro atoms. The molecule has 4 atom stereocenters. The fraction of sp³-hybridized carbons (Fsp3) is 0.425. The highest BCUT2D eigenvalue weighted by Gasteiger charge is 2.40. The van der Waals surface area contributed by atoms with Gasteiger partial charge in [-0.15, -0.1) is 0 Å². The van der Waals surface area contributed by atoms with Crippen LogP contribution in [-0.2, 0) is 46.4 Å². The third-order valence-corrected chi connectivity index (χ3v) is 8.47. The normalized spacial score (nSPS) is 15.6. The van der Waals surface area contributed by atoms with Crippen molar-refractivity contribution in [1.29, 1.82) is 0 Å². The molecule has 1 aromatic heterocycles. The van der Waals surface area contributed by atoms with Gasteiger partial charge in [0.15, 0.2) is 5.69 Å². The molecule has 3 aromatic rings. The minimum absolute atomic E-state index is 0.0262. The molecule has 4 rings (SSSR count). The van der Waals surface area contributed by atoms with Gasteiger partial charge in [0.2, 0.25) is 17.7 Å². The quantitative estimate of drug-likeness (QED) is 0.108. The lowest BCUT2D eigenvalue weighted by atomic mass is 10.0. The number of benzene rings is 2. The molecule has 0 unspecified atom stereocenters. The molecule has 294 valence electrons. The standard InChI is InChI=1S/C40H49N5O10/c1-7-32(46)52-24-30(43-39(51)55-40(4,5)6)37(49)45-20-14-19-31(45)35(48)44-33(25(2)3)36-42-29(23-53-36)34(47)41-28(21-26-15-10-8-11-16-26)38(50)54-22-27-17-12-9-13-18-27/h7-13,15-18,23,25,28,30-31,33H,1,14,19-22,24H2,2-6H3,(H,41,47)(H,43,51)(H,44,48)/t28-,30-,31-,33-/m0/s1. The molecule has 1 aliphatic heterocycles. The van der Waals surface area contributed by atoms with Crippen LogP contribution in [0.2, 0.25) is 0 Å². The first kappa shape index (κ1) is 41.8. The van der Waals surface area contributed by atoms with Crippen molar-refractivity contribution in [2.45, 2.75) is 90.3 Å². The highest BCUT2D eigenvalue weighted by molar-refractivity contribution is 5.95. The average Bonchev–Trinajstić information content (AvgIpc) is 3.85. The van der Waals surface area contributed by atoms with Crippen LogP contribution in [0.5, 0.6) is 0 Å². The molecule has 3 N–H and O–H groups in total. The lowest BCUT2D eigenvalue weighted by molar-refractivity contribution is -0.147. The number of oxazole rings is 1. The third-order valence-electron chi connectivity index (χ3n) is 8.47. The number of carbonyl (C=O) groups excluding carboxylic acids is 6. The van der Waals surface area contributed by atoms with Crippen molar-refractivity contribution in [3.63, 3.8) is 0 Å². The molecule has 0 saturated carbocycles. The number of alkyl carbamates (subject to hydrolysis) is 1. The maximum absolute atomic E-state index is 13.8. The Balaban J connectivity index is 1.46. The van der Waals surface area contributed by atoms with E-state index in [1.54, 1.807) is 20.8 Å². The number of amides is 4. The van der Waals surface area contributed by atoms with Gasteiger partial charge in [0.1, 0.15) is 49.2 Å². The number of rotatable bonds is 16. The summed E-state index contributed by atoms with van der Waals surface area (Å²) in [6, 6.07) is 14.2. The fourth-order valence-corrected chi connectivity index (χ4v) is 5.75. The van der Waals surface area contributed by atoms with Crippen LogP contribution in [0, 0.1) is 5.92 Å². The number of carbonyl (C=O) groups is 6. The number of nitrogens with one attached hydrogen (secondary N) is 3. The maximum Gasteiger partial charge on any atom is 0.408 e. The van der Waals surface area contributed by atoms with Crippen molar-refractivity contribution in [2.75, 3.05) is 13.2 Å². The Morgan fingerprint density at radius 3 is 2.20 bits per heavy atom. The summed E-state index contributed by atoms with van der Waals surface area (Å²) in [5, 5.41) is 8.07. The number of ether oxygens (including phenoxy) is 3. The van der Waals surface area contributed by atoms with Crippen molar-refractivity contribution in [1.82, 2.24) is 25.8 Å². The molecule has 55 heavy (non-hydrogen) atoms. The lowest BCUT2D eigenvalue weighted by Gasteiger charge is -2.30. The van der Waals surface area contributed by atoms with Gasteiger partial charge in [-0.05, 0) is 50.7 Å². The zero-order chi connectivity index (χ0) is 40.1. The van der Waals surface area contributed by atoms with Crippen molar-refractivity contribution in [3.8, 4) is 0 Å². The first-order valence-electron chi connectivity index (χ1n) is 18.1. The molecule has 2 heterocycles. The van der Waals surface area contributed by atoms with E-state index in [1.165, 1.54) is 4.90 Å². The van der Waals surface area contributed by atoms with Gasteiger partial charge in [-0.1, -0.05) is 81.1 Å². The van der Waals surface area contributed by atoms with Gasteiger partial charge in [0.05, 0.1) is 0 Å². The number of hydrogen-bond acceptors (Lipinski definition) is 11. The van der Waals surface area contributed by atoms with E-state index in [2.05, 4.69) is 27.5 Å². The second-order valence-electron chi connectivity index (χ2n) is 14.3. The third kappa shape index (κ3) is 12.5. The Bertz CT molecular complexity index is 1800. The SMILES string of the molecule is C=CC(=O)OC[C@H](NC(=O)OC(C)(C)C)C(=O)N1CCC[C@H]1C(=O)N[C@H](c1nc(C(=O)N[C@@H](Cc2ccccc2)C(=O)OCc2ccccc2)co1)C(C)C. The van der Waals surface area contributed by atoms with Crippen LogP contribution in [0.4, 0.5) is 4.79 Å². The van der Waals surface area contributed by atoms with Crippen molar-refractivity contribution in [2.24, 2.45) is 5.92 Å². The van der Waals surface area contributed by atoms with Gasteiger partial charge < -0.3 is 39.5 Å². The van der Waals surface area contributed by atoms with Crippen LogP contribution < -0.4 is 16.0 Å². The summed E-state index contributed by atoms with van der Waals surface area (Å²) in [5.41, 5.74) is 0.611. The molecule has 15 heteroatoms. The second kappa shape index (κ2) is 19.4. The molecule has 2 aromatic carbocycles. The molecule has 0 aliphatic carbocycles. The number of hydrogen-bond donors (Lipinski definition) is 3. The summed E-state index contributed by atoms with van der Waals surface area (Å²) >= 11 is 0. The minimum Gasteiger partial charge on any atom is -0.460 e. The monoisotopic (exact) mass is 759 g/mol. The first-order chi connectivity index (χ1) is 26.1. The molecule has 1 saturated heterocycles. The summed E-state index contributed by atoms with van der Waals surface area (Å²) in [4.78, 5) is 84.3. The summed E-state index contributed by atoms with van der Waals surface area (Å²) in [6.45, 7) is 11.7. The van der Waals surface area contributed by atoms with Crippen molar-refractivity contribution < 1.29 is 47.4 Å². The van der Waals surface area contributed by atoms with Crippen LogP contribution in [0.1, 0.15) is 81.0 Å². The molecular formula is C40H49N5O10. The second-order valence-corrected chi connectivity index (χ2v) is 14.3. The van der Waals surface area contributed by atoms with Crippen LogP contribution in [0.15, 0.2) is 84.0 Å². The van der Waals surface area contributed by atoms with Gasteiger partial charge in [-0.25, -0.2) is 19.4 Å². The Morgan fingerprint density at radius 2 is 1.58 bits per heavy atom. The summed E-state index contributed by atoms with van der Waals surface area (Å²) in [5.74, 6) is -3.52. The van der Waals surface area contributed by atoms with Gasteiger partial charge in [-0.2, -0.15) is 0 Å². The van der Waals surface area contributed by atoms with E-state index in [0.29, 0.717) is 12.8 Å². The smallest absolute Gasteiger partial charge is 0.408 e. The number of esters is 2. The van der Waals surface area contributed by atoms with Crippen molar-refractivity contribution in [3.05, 3.63) is 102 Å². The van der Waals surface area contributed by atoms with E-state index in [4.69, 9.17) is 18.6 Å². The molecule has 0 radical (unpaired) electrons. The van der Waals surface area contributed by atoms with Gasteiger partial charge in [0.25, 0.3) is 5.91 Å². The van der Waals surface area contributed by atoms with Crippen LogP contribution >= 0.6 is 0 Å². The summed E-state index contributed by atoms with van der Waals surface area (Å²) < 4.78 is 21.6. The average molecular weight is 760 g/mol. The highest BCUT2D eigenvalue weighted by atomic mass is 16.6. The molecule has 1 aliphatic rings. The zero-order valence-corrected chi connectivity index (χ0v) is 31.7. The van der Waals surface area contributed by atoms with Crippen LogP contribution in [-0.4, -0.2) is 82.5 Å². The Hall–Kier alpha value is -5.99. The largest absolute Gasteiger partial charge is 0.460 e. The topological polar surface area (TPSA) is 195 Å². The molecule has 0 bridgehead atoms. The molecule has 4 amide bonds. The minimum atomic E-state index is -1.35. The first-order valence-corrected chi connectivity index (χ1v) is 18.1. The van der Waals surface area contributed by atoms with Gasteiger partial charge in [-0.3, -0.25) is 14.4 Å². The summed E-state index contributed by atoms with van der Waals surface area (Å²) in [7, 11) is 0. The van der Waals surface area contributed by atoms with E-state index in [0.717, 1.165) is 23.5 Å². The maximum atomic E-state index is 13.8. The lowest BCUT2D eigenvalue weighted by Crippen LogP contribution is -2.56. The predicted molar refractivity (Wildman–Crippen MR) is 199 cm³/mol. The van der Waals surface area contributed by atoms with E-state index >= 15 is 0 Å². The van der Waals surface area contributed by atoms with E-state index < -0.39 is 72.1 Å². The molecular weight excluding hydrogens is 710 g/mol. The molecule has 1 fully saturated rings. The van der Waals surface area contributed by atoms with Crippen molar-refractivity contribution >= 4 is 35.8 Å². The van der Waals surface area contributed by atoms with Crippen LogP contribution in [0.3, 0.4) is 0 Å². The van der Waals surface area contributed by atoms with Gasteiger partial charge in [0, 0.05) is 19.0 Å². The Kier molecular flexibility index (Phi) is 14.7. The van der Waals surface area contributed by atoms with E-state index in [9.17, 15) is 28.8 Å². The van der Waals surface area contributed by atoms with Crippen LogP contribution in [0.25, 0.3) is 0 Å². The predicted octanol–water partition coefficient (Wildman–Crippen LogP) is 4.19. The molecule has 15 nitrogen and oxygen atoms in total. The van der Waals surface area contributed by atoms with E-state index in [-0.39, 0.29) is 37.1 Å². The Morgan fingerprint density at radius 1 is 0.927 bits per heavy atom. The number of likely N-dealkylation sites (tertiary alicyclic amines) is 1. The summed E-state index contributed by atoms with van der Waals surface area (Å²) in [6.07, 6.45) is 2.13. The zero-order valence-electron chi connectivity index (χ0n) is 31.7.